The van der Waals surface area contributed by atoms with E-state index in [9.17, 15) is 24.2 Å². The molecule has 2 amide bonds. The van der Waals surface area contributed by atoms with E-state index in [0.717, 1.165) is 6.42 Å². The lowest BCUT2D eigenvalue weighted by atomic mass is 10.2. The molecule has 1 fully saturated rings. The van der Waals surface area contributed by atoms with E-state index in [2.05, 4.69) is 15.3 Å². The highest BCUT2D eigenvalue weighted by molar-refractivity contribution is 5.95. The first-order valence-electron chi connectivity index (χ1n) is 9.53. The summed E-state index contributed by atoms with van der Waals surface area (Å²) in [7, 11) is 3.33. The maximum absolute atomic E-state index is 13.0. The molecule has 1 aromatic carbocycles. The maximum atomic E-state index is 13.0. The highest BCUT2D eigenvalue weighted by atomic mass is 19.1. The van der Waals surface area contributed by atoms with Crippen molar-refractivity contribution in [3.05, 3.63) is 47.2 Å². The van der Waals surface area contributed by atoms with Gasteiger partial charge in [0, 0.05) is 20.6 Å². The molecular weight excluding hydrogens is 393 g/mol. The number of benzene rings is 1. The Kier molecular flexibility index (Phi) is 6.46. The van der Waals surface area contributed by atoms with Crippen molar-refractivity contribution >= 4 is 11.8 Å². The zero-order valence-electron chi connectivity index (χ0n) is 16.8. The van der Waals surface area contributed by atoms with Crippen LogP contribution in [0.1, 0.15) is 40.8 Å². The third-order valence-electron chi connectivity index (χ3n) is 4.96. The molecule has 2 heterocycles. The van der Waals surface area contributed by atoms with Gasteiger partial charge in [-0.1, -0.05) is 12.1 Å². The number of aromatic nitrogens is 2. The maximum Gasteiger partial charge on any atom is 0.274 e. The number of likely N-dealkylation sites (tertiary alicyclic amines) is 1. The summed E-state index contributed by atoms with van der Waals surface area (Å²) in [5, 5.41) is 22.7. The molecule has 1 unspecified atom stereocenters. The molecule has 2 aromatic rings. The van der Waals surface area contributed by atoms with Gasteiger partial charge in [-0.2, -0.15) is 4.98 Å². The van der Waals surface area contributed by atoms with Gasteiger partial charge < -0.3 is 20.4 Å². The van der Waals surface area contributed by atoms with Crippen LogP contribution in [0, 0.1) is 5.82 Å². The molecule has 1 atom stereocenters. The number of likely N-dealkylation sites (N-methyl/N-ethyl adjacent to an activating group) is 1. The van der Waals surface area contributed by atoms with E-state index >= 15 is 0 Å². The van der Waals surface area contributed by atoms with Gasteiger partial charge in [-0.3, -0.25) is 14.5 Å². The third kappa shape index (κ3) is 4.82. The Morgan fingerprint density at radius 2 is 1.93 bits per heavy atom. The fourth-order valence-electron chi connectivity index (χ4n) is 3.26. The highest BCUT2D eigenvalue weighted by Crippen LogP contribution is 2.33. The van der Waals surface area contributed by atoms with E-state index in [-0.39, 0.29) is 42.4 Å². The molecule has 1 aliphatic rings. The Hall–Kier alpha value is -3.27. The molecule has 10 heteroatoms. The van der Waals surface area contributed by atoms with Crippen molar-refractivity contribution in [3.8, 4) is 11.6 Å². The van der Waals surface area contributed by atoms with Gasteiger partial charge in [0.2, 0.25) is 11.7 Å². The van der Waals surface area contributed by atoms with Crippen LogP contribution >= 0.6 is 0 Å². The van der Waals surface area contributed by atoms with Crippen LogP contribution < -0.4 is 5.32 Å². The normalized spacial score (nSPS) is 16.4. The van der Waals surface area contributed by atoms with Crippen molar-refractivity contribution in [2.75, 3.05) is 27.2 Å². The van der Waals surface area contributed by atoms with Crippen molar-refractivity contribution in [1.29, 1.82) is 0 Å². The van der Waals surface area contributed by atoms with Gasteiger partial charge in [0.25, 0.3) is 11.8 Å². The molecule has 0 spiro atoms. The average Bonchev–Trinajstić information content (AvgIpc) is 3.17. The molecule has 30 heavy (non-hydrogen) atoms. The van der Waals surface area contributed by atoms with Crippen molar-refractivity contribution in [2.45, 2.75) is 25.4 Å². The first-order valence-corrected chi connectivity index (χ1v) is 9.53. The number of carbonyl (C=O) groups excluding carboxylic acids is 2. The van der Waals surface area contributed by atoms with Gasteiger partial charge in [-0.25, -0.2) is 9.37 Å². The molecular formula is C20H24FN5O4. The minimum atomic E-state index is -0.718. The minimum absolute atomic E-state index is 0.0813. The monoisotopic (exact) mass is 417 g/mol. The van der Waals surface area contributed by atoms with E-state index < -0.39 is 17.5 Å². The summed E-state index contributed by atoms with van der Waals surface area (Å²) in [6.45, 7) is 0.904. The standard InChI is InChI=1S/C20H24FN5O4/c1-25(2)15(27)11-26-9-3-4-14(26)18-23-16(17(28)20(30)24-18)19(29)22-10-12-5-7-13(21)8-6-12/h5-8,14,28H,3-4,9-11H2,1-2H3,(H,22,29)(H,23,24,30). The molecule has 0 radical (unpaired) electrons. The van der Waals surface area contributed by atoms with Crippen molar-refractivity contribution < 1.29 is 24.2 Å². The fraction of sp³-hybridized carbons (Fsp3) is 0.400. The van der Waals surface area contributed by atoms with Crippen LogP contribution in [0.3, 0.4) is 0 Å². The van der Waals surface area contributed by atoms with Crippen LogP contribution in [0.4, 0.5) is 4.39 Å². The summed E-state index contributed by atoms with van der Waals surface area (Å²) in [5.41, 5.74) is 0.303. The first kappa shape index (κ1) is 21.4. The van der Waals surface area contributed by atoms with Crippen molar-refractivity contribution in [3.63, 3.8) is 0 Å². The van der Waals surface area contributed by atoms with Crippen LogP contribution in [-0.2, 0) is 11.3 Å². The average molecular weight is 417 g/mol. The molecule has 3 rings (SSSR count). The number of hydrogen-bond acceptors (Lipinski definition) is 7. The van der Waals surface area contributed by atoms with Gasteiger partial charge >= 0.3 is 0 Å². The fourth-order valence-corrected chi connectivity index (χ4v) is 3.26. The Morgan fingerprint density at radius 1 is 1.23 bits per heavy atom. The van der Waals surface area contributed by atoms with E-state index in [1.54, 1.807) is 14.1 Å². The third-order valence-corrected chi connectivity index (χ3v) is 4.96. The molecule has 0 saturated carbocycles. The summed E-state index contributed by atoms with van der Waals surface area (Å²) in [6.07, 6.45) is 1.46. The van der Waals surface area contributed by atoms with Crippen LogP contribution in [-0.4, -0.2) is 69.0 Å². The largest absolute Gasteiger partial charge is 0.501 e. The molecule has 1 saturated heterocycles. The number of halogens is 1. The summed E-state index contributed by atoms with van der Waals surface area (Å²) < 4.78 is 13.0. The Bertz CT molecular complexity index is 936. The lowest BCUT2D eigenvalue weighted by molar-refractivity contribution is -0.130. The number of nitrogens with zero attached hydrogens (tertiary/aromatic N) is 4. The quantitative estimate of drug-likeness (QED) is 0.646. The molecule has 9 nitrogen and oxygen atoms in total. The topological polar surface area (TPSA) is 119 Å². The van der Waals surface area contributed by atoms with E-state index in [1.165, 1.54) is 29.2 Å². The number of amides is 2. The zero-order chi connectivity index (χ0) is 21.8. The molecule has 1 aromatic heterocycles. The lowest BCUT2D eigenvalue weighted by Gasteiger charge is -2.24. The second-order valence-electron chi connectivity index (χ2n) is 7.33. The van der Waals surface area contributed by atoms with Crippen LogP contribution in [0.2, 0.25) is 0 Å². The predicted molar refractivity (Wildman–Crippen MR) is 105 cm³/mol. The Morgan fingerprint density at radius 3 is 2.60 bits per heavy atom. The molecule has 3 N–H and O–H groups in total. The lowest BCUT2D eigenvalue weighted by Crippen LogP contribution is -2.37. The smallest absolute Gasteiger partial charge is 0.274 e. The van der Waals surface area contributed by atoms with Gasteiger partial charge in [-0.15, -0.1) is 0 Å². The summed E-state index contributed by atoms with van der Waals surface area (Å²) in [4.78, 5) is 36.1. The van der Waals surface area contributed by atoms with E-state index in [4.69, 9.17) is 0 Å². The first-order chi connectivity index (χ1) is 14.3. The van der Waals surface area contributed by atoms with Gasteiger partial charge in [-0.05, 0) is 37.1 Å². The Labute approximate surface area is 173 Å². The van der Waals surface area contributed by atoms with Crippen LogP contribution in [0.15, 0.2) is 24.3 Å². The number of hydrogen-bond donors (Lipinski definition) is 3. The summed E-state index contributed by atoms with van der Waals surface area (Å²) in [6, 6.07) is 5.24. The number of carbonyl (C=O) groups is 2. The summed E-state index contributed by atoms with van der Waals surface area (Å²) >= 11 is 0. The summed E-state index contributed by atoms with van der Waals surface area (Å²) in [5.74, 6) is -2.42. The number of aromatic hydroxyl groups is 2. The zero-order valence-corrected chi connectivity index (χ0v) is 16.8. The van der Waals surface area contributed by atoms with Crippen LogP contribution in [0.5, 0.6) is 11.6 Å². The predicted octanol–water partition coefficient (Wildman–Crippen LogP) is 1.18. The second-order valence-corrected chi connectivity index (χ2v) is 7.33. The van der Waals surface area contributed by atoms with Crippen LogP contribution in [0.25, 0.3) is 0 Å². The van der Waals surface area contributed by atoms with E-state index in [0.29, 0.717) is 18.5 Å². The van der Waals surface area contributed by atoms with Gasteiger partial charge in [0.15, 0.2) is 11.5 Å². The van der Waals surface area contributed by atoms with Gasteiger partial charge in [0.05, 0.1) is 12.6 Å². The molecule has 0 bridgehead atoms. The SMILES string of the molecule is CN(C)C(=O)CN1CCCC1c1nc(O)c(O)c(C(=O)NCc2ccc(F)cc2)n1. The molecule has 1 aliphatic heterocycles. The number of nitrogens with one attached hydrogen (secondary N) is 1. The van der Waals surface area contributed by atoms with E-state index in [1.807, 2.05) is 4.90 Å². The number of rotatable bonds is 6. The minimum Gasteiger partial charge on any atom is -0.501 e. The Balaban J connectivity index is 1.78. The highest BCUT2D eigenvalue weighted by Gasteiger charge is 2.32. The second kappa shape index (κ2) is 9.04. The van der Waals surface area contributed by atoms with Gasteiger partial charge in [0.1, 0.15) is 5.82 Å². The molecule has 160 valence electrons. The van der Waals surface area contributed by atoms with Crippen molar-refractivity contribution in [1.82, 2.24) is 25.1 Å². The molecule has 0 aliphatic carbocycles. The van der Waals surface area contributed by atoms with Crippen molar-refractivity contribution in [2.24, 2.45) is 0 Å².